The zero-order chi connectivity index (χ0) is 31.1. The normalized spacial score (nSPS) is 18.4. The molecule has 1 heterocycles. The van der Waals surface area contributed by atoms with Gasteiger partial charge in [-0.05, 0) is 58.4 Å². The fourth-order valence-electron chi connectivity index (χ4n) is 4.29. The van der Waals surface area contributed by atoms with Gasteiger partial charge in [0.25, 0.3) is 0 Å². The van der Waals surface area contributed by atoms with E-state index in [1.165, 1.54) is 11.8 Å². The molecule has 0 bridgehead atoms. The molecule has 0 saturated carbocycles. The van der Waals surface area contributed by atoms with E-state index < -0.39 is 65.9 Å². The molecule has 1 fully saturated rings. The summed E-state index contributed by atoms with van der Waals surface area (Å²) >= 11 is 3.96. The van der Waals surface area contributed by atoms with E-state index in [0.29, 0.717) is 38.6 Å². The van der Waals surface area contributed by atoms with Crippen LogP contribution >= 0.6 is 12.6 Å². The predicted octanol–water partition coefficient (Wildman–Crippen LogP) is -3.66. The minimum atomic E-state index is -1.40. The first kappa shape index (κ1) is 35.9. The lowest BCUT2D eigenvalue weighted by molar-refractivity contribution is -0.145. The predicted molar refractivity (Wildman–Crippen MR) is 154 cm³/mol. The number of carboxylic acid groups (broad SMARTS) is 1. The number of guanidine groups is 1. The molecule has 13 N–H and O–H groups in total. The number of aliphatic carboxylic acids is 1. The lowest BCUT2D eigenvalue weighted by Gasteiger charge is -2.31. The van der Waals surface area contributed by atoms with E-state index in [-0.39, 0.29) is 37.6 Å². The second-order valence-electron chi connectivity index (χ2n) is 9.90. The largest absolute Gasteiger partial charge is 0.480 e. The number of rotatable bonds is 18. The summed E-state index contributed by atoms with van der Waals surface area (Å²) in [5, 5.41) is 27.2. The summed E-state index contributed by atoms with van der Waals surface area (Å²) in [4.78, 5) is 68.9. The molecular formula is C24H45N9O7S. The quantitative estimate of drug-likeness (QED) is 0.0315. The van der Waals surface area contributed by atoms with Crippen LogP contribution in [0.3, 0.4) is 0 Å². The monoisotopic (exact) mass is 603 g/mol. The smallest absolute Gasteiger partial charge is 0.326 e. The maximum absolute atomic E-state index is 13.6. The molecule has 1 aliphatic rings. The molecule has 4 amide bonds. The number of likely N-dealkylation sites (tertiary alicyclic amines) is 1. The Morgan fingerprint density at radius 1 is 1.02 bits per heavy atom. The Kier molecular flexibility index (Phi) is 16.0. The van der Waals surface area contributed by atoms with Crippen LogP contribution in [0, 0.1) is 0 Å². The van der Waals surface area contributed by atoms with Gasteiger partial charge in [0.1, 0.15) is 24.2 Å². The van der Waals surface area contributed by atoms with Gasteiger partial charge in [-0.3, -0.25) is 24.2 Å². The van der Waals surface area contributed by atoms with Gasteiger partial charge in [-0.15, -0.1) is 0 Å². The topological polar surface area (TPSA) is 282 Å². The van der Waals surface area contributed by atoms with Gasteiger partial charge >= 0.3 is 5.97 Å². The van der Waals surface area contributed by atoms with E-state index in [0.717, 1.165) is 0 Å². The highest BCUT2D eigenvalue weighted by Crippen LogP contribution is 2.20. The van der Waals surface area contributed by atoms with Crippen LogP contribution < -0.4 is 38.9 Å². The molecule has 1 aliphatic heterocycles. The van der Waals surface area contributed by atoms with Crippen molar-refractivity contribution in [3.8, 4) is 0 Å². The summed E-state index contributed by atoms with van der Waals surface area (Å²) in [5.74, 6) is -4.04. The molecule has 0 spiro atoms. The number of amides is 4. The van der Waals surface area contributed by atoms with E-state index in [2.05, 4.69) is 33.6 Å². The fraction of sp³-hybridized carbons (Fsp3) is 0.750. The van der Waals surface area contributed by atoms with Gasteiger partial charge in [0.05, 0.1) is 12.1 Å². The summed E-state index contributed by atoms with van der Waals surface area (Å²) in [6.45, 7) is 2.07. The first-order valence-corrected chi connectivity index (χ1v) is 14.2. The molecule has 0 aromatic carbocycles. The SMILES string of the molecule is CC(O)[C@H](NC(=O)[C@@H](N)CS)C(=O)N[C@@H](CCCCN)C(=O)N1CCC[C@H]1C(=O)N[C@@H](CCCN=C(N)N)C(=O)O. The minimum absolute atomic E-state index is 0.0115. The van der Waals surface area contributed by atoms with Gasteiger partial charge in [-0.1, -0.05) is 0 Å². The van der Waals surface area contributed by atoms with Gasteiger partial charge in [0, 0.05) is 18.8 Å². The summed E-state index contributed by atoms with van der Waals surface area (Å²) in [5.41, 5.74) is 21.8. The zero-order valence-electron chi connectivity index (χ0n) is 23.3. The molecular weight excluding hydrogens is 558 g/mol. The van der Waals surface area contributed by atoms with Crippen molar-refractivity contribution in [3.05, 3.63) is 0 Å². The van der Waals surface area contributed by atoms with Crippen LogP contribution in [0.1, 0.15) is 51.9 Å². The minimum Gasteiger partial charge on any atom is -0.480 e. The van der Waals surface area contributed by atoms with Crippen LogP contribution in [0.25, 0.3) is 0 Å². The number of carbonyl (C=O) groups excluding carboxylic acids is 4. The number of aliphatic imine (C=N–C) groups is 1. The summed E-state index contributed by atoms with van der Waals surface area (Å²) in [6.07, 6.45) is 1.08. The lowest BCUT2D eigenvalue weighted by Crippen LogP contribution is -2.60. The van der Waals surface area contributed by atoms with E-state index in [4.69, 9.17) is 22.9 Å². The summed E-state index contributed by atoms with van der Waals surface area (Å²) in [6, 6.07) is -5.66. The highest BCUT2D eigenvalue weighted by molar-refractivity contribution is 7.80. The van der Waals surface area contributed by atoms with Crippen LogP contribution in [0.5, 0.6) is 0 Å². The third kappa shape index (κ3) is 12.1. The van der Waals surface area contributed by atoms with Crippen molar-refractivity contribution < 1.29 is 34.2 Å². The van der Waals surface area contributed by atoms with Gasteiger partial charge in [-0.2, -0.15) is 12.6 Å². The molecule has 234 valence electrons. The van der Waals surface area contributed by atoms with Crippen molar-refractivity contribution in [2.45, 2.75) is 88.2 Å². The van der Waals surface area contributed by atoms with Crippen LogP contribution in [0.15, 0.2) is 4.99 Å². The third-order valence-electron chi connectivity index (χ3n) is 6.56. The van der Waals surface area contributed by atoms with Crippen molar-refractivity contribution >= 4 is 48.2 Å². The Labute approximate surface area is 244 Å². The van der Waals surface area contributed by atoms with Crippen LogP contribution in [-0.2, 0) is 24.0 Å². The van der Waals surface area contributed by atoms with E-state index in [9.17, 15) is 34.2 Å². The van der Waals surface area contributed by atoms with Crippen LogP contribution in [0.4, 0.5) is 0 Å². The number of aliphatic hydroxyl groups excluding tert-OH is 1. The first-order chi connectivity index (χ1) is 19.3. The van der Waals surface area contributed by atoms with Crippen molar-refractivity contribution in [2.75, 3.05) is 25.4 Å². The maximum Gasteiger partial charge on any atom is 0.326 e. The van der Waals surface area contributed by atoms with Crippen molar-refractivity contribution in [1.82, 2.24) is 20.9 Å². The number of nitrogens with zero attached hydrogens (tertiary/aromatic N) is 2. The first-order valence-electron chi connectivity index (χ1n) is 13.6. The highest BCUT2D eigenvalue weighted by Gasteiger charge is 2.39. The molecule has 1 unspecified atom stereocenters. The lowest BCUT2D eigenvalue weighted by atomic mass is 10.0. The summed E-state index contributed by atoms with van der Waals surface area (Å²) in [7, 11) is 0. The Bertz CT molecular complexity index is 933. The number of carboxylic acids is 1. The molecule has 41 heavy (non-hydrogen) atoms. The number of nitrogens with one attached hydrogen (secondary N) is 3. The Morgan fingerprint density at radius 3 is 2.24 bits per heavy atom. The van der Waals surface area contributed by atoms with Gasteiger partial charge in [-0.25, -0.2) is 4.79 Å². The Morgan fingerprint density at radius 2 is 1.68 bits per heavy atom. The van der Waals surface area contributed by atoms with Crippen molar-refractivity contribution in [1.29, 1.82) is 0 Å². The van der Waals surface area contributed by atoms with Crippen molar-refractivity contribution in [2.24, 2.45) is 27.9 Å². The van der Waals surface area contributed by atoms with E-state index in [1.54, 1.807) is 0 Å². The van der Waals surface area contributed by atoms with Gasteiger partial charge in [0.15, 0.2) is 5.96 Å². The van der Waals surface area contributed by atoms with E-state index in [1.807, 2.05) is 0 Å². The fourth-order valence-corrected chi connectivity index (χ4v) is 4.46. The second kappa shape index (κ2) is 18.3. The second-order valence-corrected chi connectivity index (χ2v) is 10.3. The standard InChI is InChI=1S/C24H45N9O7S/c1-13(34)18(32-19(35)14(26)12-41)21(37)30-15(6-2-3-9-25)22(38)33-11-5-8-17(33)20(36)31-16(23(39)40)7-4-10-29-24(27)28/h13-18,34,41H,2-12,25-26H2,1H3,(H,30,37)(H,31,36)(H,32,35)(H,39,40)(H4,27,28,29)/t13?,14-,15-,16-,17-,18-/m0/s1. The molecule has 1 saturated heterocycles. The molecule has 0 aliphatic carbocycles. The van der Waals surface area contributed by atoms with Gasteiger partial charge in [0.2, 0.25) is 23.6 Å². The highest BCUT2D eigenvalue weighted by atomic mass is 32.1. The molecule has 17 heteroatoms. The Hall–Kier alpha value is -3.15. The molecule has 0 radical (unpaired) electrons. The number of hydrogen-bond donors (Lipinski definition) is 10. The third-order valence-corrected chi connectivity index (χ3v) is 6.95. The molecule has 6 atom stereocenters. The average molecular weight is 604 g/mol. The maximum atomic E-state index is 13.6. The molecule has 0 aromatic rings. The number of nitrogens with two attached hydrogens (primary N) is 4. The number of thiol groups is 1. The summed E-state index contributed by atoms with van der Waals surface area (Å²) < 4.78 is 0. The number of hydrogen-bond acceptors (Lipinski definition) is 10. The average Bonchev–Trinajstić information content (AvgIpc) is 3.41. The van der Waals surface area contributed by atoms with Crippen LogP contribution in [0.2, 0.25) is 0 Å². The van der Waals surface area contributed by atoms with E-state index >= 15 is 0 Å². The van der Waals surface area contributed by atoms with Gasteiger partial charge < -0.3 is 54.0 Å². The number of aliphatic hydroxyl groups is 1. The van der Waals surface area contributed by atoms with Crippen molar-refractivity contribution in [3.63, 3.8) is 0 Å². The number of carbonyl (C=O) groups is 5. The number of unbranched alkanes of at least 4 members (excludes halogenated alkanes) is 1. The molecule has 16 nitrogen and oxygen atoms in total. The zero-order valence-corrected chi connectivity index (χ0v) is 24.2. The van der Waals surface area contributed by atoms with Crippen LogP contribution in [-0.4, -0.2) is 112 Å². The molecule has 0 aromatic heterocycles. The molecule has 1 rings (SSSR count). The Balaban J connectivity index is 3.03.